The zero-order chi connectivity index (χ0) is 52.9. The highest BCUT2D eigenvalue weighted by molar-refractivity contribution is 5.71. The number of hydrogen-bond acceptors (Lipinski definition) is 6. The van der Waals surface area contributed by atoms with Crippen LogP contribution in [0.25, 0.3) is 0 Å². The highest BCUT2D eigenvalue weighted by atomic mass is 16.6. The monoisotopic (exact) mass is 1020 g/mol. The number of carbonyl (C=O) groups excluding carboxylic acids is 3. The Morgan fingerprint density at radius 1 is 0.274 bits per heavy atom. The lowest BCUT2D eigenvalue weighted by molar-refractivity contribution is -0.167. The van der Waals surface area contributed by atoms with E-state index in [1.165, 1.54) is 173 Å². The van der Waals surface area contributed by atoms with Gasteiger partial charge in [0.1, 0.15) is 13.2 Å². The number of ether oxygens (including phenoxy) is 3. The third kappa shape index (κ3) is 59.6. The van der Waals surface area contributed by atoms with Crippen LogP contribution in [0.5, 0.6) is 0 Å². The fraction of sp³-hybridized carbons (Fsp3) is 0.776. The van der Waals surface area contributed by atoms with Gasteiger partial charge in [-0.2, -0.15) is 0 Å². The summed E-state index contributed by atoms with van der Waals surface area (Å²) in [5.41, 5.74) is 0. The molecule has 0 aliphatic carbocycles. The quantitative estimate of drug-likeness (QED) is 0.0261. The molecule has 6 heteroatoms. The van der Waals surface area contributed by atoms with Crippen LogP contribution >= 0.6 is 0 Å². The Hall–Kier alpha value is -3.15. The van der Waals surface area contributed by atoms with Gasteiger partial charge in [0.2, 0.25) is 0 Å². The molecule has 0 N–H and O–H groups in total. The van der Waals surface area contributed by atoms with Gasteiger partial charge in [-0.1, -0.05) is 273 Å². The van der Waals surface area contributed by atoms with Crippen molar-refractivity contribution in [3.05, 3.63) is 72.9 Å². The first-order valence-electron chi connectivity index (χ1n) is 31.4. The fourth-order valence-electron chi connectivity index (χ4n) is 8.93. The molecular weight excluding hydrogens is 901 g/mol. The molecule has 0 saturated carbocycles. The van der Waals surface area contributed by atoms with Gasteiger partial charge in [0.25, 0.3) is 0 Å². The van der Waals surface area contributed by atoms with Gasteiger partial charge in [0.05, 0.1) is 0 Å². The maximum absolute atomic E-state index is 12.9. The number of rotatable bonds is 57. The van der Waals surface area contributed by atoms with Crippen LogP contribution in [0.4, 0.5) is 0 Å². The van der Waals surface area contributed by atoms with Crippen LogP contribution in [0, 0.1) is 0 Å². The second-order valence-electron chi connectivity index (χ2n) is 21.0. The molecule has 0 aliphatic rings. The number of carbonyl (C=O) groups is 3. The van der Waals surface area contributed by atoms with Crippen molar-refractivity contribution in [1.29, 1.82) is 0 Å². The van der Waals surface area contributed by atoms with E-state index in [0.29, 0.717) is 19.3 Å². The van der Waals surface area contributed by atoms with Gasteiger partial charge < -0.3 is 14.2 Å². The summed E-state index contributed by atoms with van der Waals surface area (Å²) in [6.45, 7) is 6.60. The second kappa shape index (κ2) is 61.4. The smallest absolute Gasteiger partial charge is 0.306 e. The van der Waals surface area contributed by atoms with Crippen molar-refractivity contribution in [3.8, 4) is 0 Å². The van der Waals surface area contributed by atoms with E-state index >= 15 is 0 Å². The van der Waals surface area contributed by atoms with E-state index in [1.54, 1.807) is 0 Å². The molecule has 0 rings (SSSR count). The third-order valence-electron chi connectivity index (χ3n) is 13.7. The fourth-order valence-corrected chi connectivity index (χ4v) is 8.93. The molecule has 0 bridgehead atoms. The molecule has 0 aromatic rings. The zero-order valence-corrected chi connectivity index (χ0v) is 48.4. The predicted octanol–water partition coefficient (Wildman–Crippen LogP) is 21.3. The zero-order valence-electron chi connectivity index (χ0n) is 48.4. The summed E-state index contributed by atoms with van der Waals surface area (Å²) in [4.78, 5) is 38.3. The maximum atomic E-state index is 12.9. The van der Waals surface area contributed by atoms with Crippen molar-refractivity contribution in [2.24, 2.45) is 0 Å². The molecular formula is C67H118O6. The van der Waals surface area contributed by atoms with Crippen LogP contribution in [0.3, 0.4) is 0 Å². The van der Waals surface area contributed by atoms with E-state index in [0.717, 1.165) is 103 Å². The largest absolute Gasteiger partial charge is 0.462 e. The Kier molecular flexibility index (Phi) is 58.7. The second-order valence-corrected chi connectivity index (χ2v) is 21.0. The topological polar surface area (TPSA) is 78.9 Å². The molecule has 0 unspecified atom stereocenters. The molecule has 0 spiro atoms. The molecule has 0 radical (unpaired) electrons. The normalized spacial score (nSPS) is 12.5. The first kappa shape index (κ1) is 69.8. The average Bonchev–Trinajstić information content (AvgIpc) is 3.39. The van der Waals surface area contributed by atoms with E-state index in [4.69, 9.17) is 14.2 Å². The summed E-state index contributed by atoms with van der Waals surface area (Å²) in [7, 11) is 0. The lowest BCUT2D eigenvalue weighted by atomic mass is 10.0. The Morgan fingerprint density at radius 3 is 0.795 bits per heavy atom. The number of allylic oxidation sites excluding steroid dienone is 12. The minimum atomic E-state index is -0.788. The summed E-state index contributed by atoms with van der Waals surface area (Å²) in [5, 5.41) is 0. The van der Waals surface area contributed by atoms with Gasteiger partial charge in [-0.15, -0.1) is 0 Å². The number of hydrogen-bond donors (Lipinski definition) is 0. The molecule has 0 aliphatic heterocycles. The molecule has 6 nitrogen and oxygen atoms in total. The first-order valence-corrected chi connectivity index (χ1v) is 31.4. The van der Waals surface area contributed by atoms with Crippen molar-refractivity contribution in [2.45, 2.75) is 322 Å². The van der Waals surface area contributed by atoms with Gasteiger partial charge in [0.15, 0.2) is 6.10 Å². The standard InChI is InChI=1S/C67H118O6/c1-4-7-10-13-16-19-22-25-28-31-33-36-39-42-45-48-51-54-57-60-66(69)72-63-64(62-71-65(68)59-56-53-50-47-44-41-38-35-30-27-24-21-18-15-12-9-6-3)73-67(70)61-58-55-52-49-46-43-40-37-34-32-29-26-23-20-17-14-11-8-5-2/h16-17,19-20,25-26,28-29,33-34,36-37,64H,4-15,18,21-24,27,30-32,35,38-63H2,1-3H3/b19-16-,20-17-,28-25-,29-26-,36-33-,37-34-/t64-/m1/s1. The van der Waals surface area contributed by atoms with Crippen LogP contribution in [0.1, 0.15) is 316 Å². The van der Waals surface area contributed by atoms with Crippen molar-refractivity contribution in [2.75, 3.05) is 13.2 Å². The Balaban J connectivity index is 4.42. The van der Waals surface area contributed by atoms with Crippen LogP contribution < -0.4 is 0 Å². The van der Waals surface area contributed by atoms with Gasteiger partial charge in [-0.3, -0.25) is 14.4 Å². The van der Waals surface area contributed by atoms with Gasteiger partial charge in [-0.25, -0.2) is 0 Å². The van der Waals surface area contributed by atoms with E-state index in [9.17, 15) is 14.4 Å². The summed E-state index contributed by atoms with van der Waals surface area (Å²) < 4.78 is 16.9. The summed E-state index contributed by atoms with van der Waals surface area (Å²) in [6, 6.07) is 0. The SMILES string of the molecule is CCCCC/C=C\C/C=C\C/C=C\CCCCCCCCC(=O)OC[C@@H](COC(=O)CCCCCCCCCCCCCCCCCCC)OC(=O)CCCCCCCC/C=C\C/C=C\C/C=C\CCCCC. The van der Waals surface area contributed by atoms with Crippen molar-refractivity contribution < 1.29 is 28.6 Å². The molecule has 1 atom stereocenters. The molecule has 0 amide bonds. The molecule has 0 aromatic heterocycles. The van der Waals surface area contributed by atoms with Crippen molar-refractivity contribution >= 4 is 17.9 Å². The Bertz CT molecular complexity index is 1360. The molecule has 73 heavy (non-hydrogen) atoms. The highest BCUT2D eigenvalue weighted by Gasteiger charge is 2.19. The van der Waals surface area contributed by atoms with E-state index in [2.05, 4.69) is 93.7 Å². The molecule has 0 fully saturated rings. The molecule has 0 saturated heterocycles. The minimum absolute atomic E-state index is 0.0825. The summed E-state index contributed by atoms with van der Waals surface area (Å²) in [6.07, 6.45) is 78.9. The summed E-state index contributed by atoms with van der Waals surface area (Å²) in [5.74, 6) is -0.893. The lowest BCUT2D eigenvalue weighted by Gasteiger charge is -2.18. The molecule has 0 aromatic carbocycles. The van der Waals surface area contributed by atoms with E-state index < -0.39 is 6.10 Å². The Labute approximate surface area is 453 Å². The first-order chi connectivity index (χ1) is 36.0. The lowest BCUT2D eigenvalue weighted by Crippen LogP contribution is -2.30. The highest BCUT2D eigenvalue weighted by Crippen LogP contribution is 2.16. The van der Waals surface area contributed by atoms with Crippen LogP contribution in [0.2, 0.25) is 0 Å². The van der Waals surface area contributed by atoms with Crippen molar-refractivity contribution in [1.82, 2.24) is 0 Å². The average molecular weight is 1020 g/mol. The predicted molar refractivity (Wildman–Crippen MR) is 316 cm³/mol. The summed E-state index contributed by atoms with van der Waals surface area (Å²) >= 11 is 0. The van der Waals surface area contributed by atoms with E-state index in [-0.39, 0.29) is 31.1 Å². The van der Waals surface area contributed by atoms with Crippen LogP contribution in [-0.4, -0.2) is 37.2 Å². The number of esters is 3. The molecule has 422 valence electrons. The number of unbranched alkanes of at least 4 members (excludes halogenated alkanes) is 34. The maximum Gasteiger partial charge on any atom is 0.306 e. The molecule has 0 heterocycles. The van der Waals surface area contributed by atoms with Gasteiger partial charge in [-0.05, 0) is 96.3 Å². The minimum Gasteiger partial charge on any atom is -0.462 e. The van der Waals surface area contributed by atoms with Crippen LogP contribution in [-0.2, 0) is 28.6 Å². The van der Waals surface area contributed by atoms with Gasteiger partial charge >= 0.3 is 17.9 Å². The van der Waals surface area contributed by atoms with Crippen molar-refractivity contribution in [3.63, 3.8) is 0 Å². The van der Waals surface area contributed by atoms with Gasteiger partial charge in [0, 0.05) is 19.3 Å². The van der Waals surface area contributed by atoms with E-state index in [1.807, 2.05) is 0 Å². The third-order valence-corrected chi connectivity index (χ3v) is 13.7. The Morgan fingerprint density at radius 2 is 0.493 bits per heavy atom. The van der Waals surface area contributed by atoms with Crippen LogP contribution in [0.15, 0.2) is 72.9 Å².